The summed E-state index contributed by atoms with van der Waals surface area (Å²) in [5.74, 6) is 0. The van der Waals surface area contributed by atoms with Gasteiger partial charge in [-0.15, -0.1) is 0 Å². The van der Waals surface area contributed by atoms with Crippen LogP contribution in [-0.2, 0) is 0 Å². The van der Waals surface area contributed by atoms with Gasteiger partial charge in [0.1, 0.15) is 0 Å². The highest BCUT2D eigenvalue weighted by Gasteiger charge is 2.16. The van der Waals surface area contributed by atoms with E-state index < -0.39 is 0 Å². The van der Waals surface area contributed by atoms with Crippen LogP contribution in [0.3, 0.4) is 0 Å². The maximum Gasteiger partial charge on any atom is 0.0441 e. The van der Waals surface area contributed by atoms with Crippen molar-refractivity contribution in [3.63, 3.8) is 0 Å². The topological polar surface area (TPSA) is 0 Å². The second-order valence-corrected chi connectivity index (χ2v) is 7.58. The summed E-state index contributed by atoms with van der Waals surface area (Å²) < 4.78 is 0. The van der Waals surface area contributed by atoms with Crippen LogP contribution < -0.4 is 0 Å². The molecule has 0 saturated heterocycles. The average Bonchev–Trinajstić information content (AvgIpc) is 2.74. The predicted octanol–water partition coefficient (Wildman–Crippen LogP) is 8.29. The highest BCUT2D eigenvalue weighted by atomic mass is 35.5. The van der Waals surface area contributed by atoms with Gasteiger partial charge in [0.25, 0.3) is 0 Å². The first-order valence-corrected chi connectivity index (χ1v) is 9.87. The van der Waals surface area contributed by atoms with Crippen molar-refractivity contribution in [2.75, 3.05) is 0 Å². The quantitative estimate of drug-likeness (QED) is 0.271. The van der Waals surface area contributed by atoms with E-state index in [9.17, 15) is 0 Å². The van der Waals surface area contributed by atoms with Crippen molar-refractivity contribution >= 4 is 33.1 Å². The Labute approximate surface area is 170 Å². The summed E-state index contributed by atoms with van der Waals surface area (Å²) in [5.41, 5.74) is 6.02. The molecule has 0 heterocycles. The smallest absolute Gasteiger partial charge is 0.0441 e. The van der Waals surface area contributed by atoms with E-state index in [0.717, 1.165) is 16.1 Å². The van der Waals surface area contributed by atoms with Crippen LogP contribution in [0.4, 0.5) is 0 Å². The molecule has 0 radical (unpaired) electrons. The van der Waals surface area contributed by atoms with Crippen LogP contribution in [0.5, 0.6) is 0 Å². The minimum absolute atomic E-state index is 0.804. The molecule has 0 N–H and O–H groups in total. The second-order valence-electron chi connectivity index (χ2n) is 7.17. The van der Waals surface area contributed by atoms with Crippen LogP contribution in [0.1, 0.15) is 5.56 Å². The number of aryl methyl sites for hydroxylation is 1. The molecule has 5 rings (SSSR count). The lowest BCUT2D eigenvalue weighted by Gasteiger charge is -2.18. The maximum atomic E-state index is 6.49. The first-order valence-electron chi connectivity index (χ1n) is 9.49. The zero-order valence-electron chi connectivity index (χ0n) is 15.6. The first kappa shape index (κ1) is 17.0. The van der Waals surface area contributed by atoms with Gasteiger partial charge in [0.2, 0.25) is 0 Å². The van der Waals surface area contributed by atoms with E-state index in [1.54, 1.807) is 0 Å². The third-order valence-corrected chi connectivity index (χ3v) is 5.86. The normalized spacial score (nSPS) is 11.2. The molecule has 5 aromatic rings. The van der Waals surface area contributed by atoms with Crippen molar-refractivity contribution in [2.45, 2.75) is 6.92 Å². The molecule has 134 valence electrons. The Hall–Kier alpha value is -3.09. The van der Waals surface area contributed by atoms with Crippen molar-refractivity contribution < 1.29 is 0 Å². The molecular weight excluding hydrogens is 360 g/mol. The van der Waals surface area contributed by atoms with Gasteiger partial charge in [0.15, 0.2) is 0 Å². The Morgan fingerprint density at radius 3 is 1.46 bits per heavy atom. The Kier molecular flexibility index (Phi) is 4.15. The Morgan fingerprint density at radius 1 is 0.500 bits per heavy atom. The standard InChI is InChI=1S/C27H19Cl/c1-18-15-16-20(17-25(18)28)27-23-13-7-5-11-21(23)26(19-9-3-2-4-10-19)22-12-6-8-14-24(22)27/h2-17H,1H3. The highest BCUT2D eigenvalue weighted by molar-refractivity contribution is 6.32. The molecule has 0 saturated carbocycles. The lowest BCUT2D eigenvalue weighted by molar-refractivity contribution is 1.47. The monoisotopic (exact) mass is 378 g/mol. The molecule has 0 bridgehead atoms. The number of hydrogen-bond acceptors (Lipinski definition) is 0. The van der Waals surface area contributed by atoms with E-state index in [-0.39, 0.29) is 0 Å². The van der Waals surface area contributed by atoms with E-state index in [1.165, 1.54) is 38.2 Å². The highest BCUT2D eigenvalue weighted by Crippen LogP contribution is 2.43. The van der Waals surface area contributed by atoms with Gasteiger partial charge in [-0.1, -0.05) is 103 Å². The fourth-order valence-corrected chi connectivity index (χ4v) is 4.28. The molecule has 28 heavy (non-hydrogen) atoms. The van der Waals surface area contributed by atoms with Gasteiger partial charge in [0.05, 0.1) is 0 Å². The van der Waals surface area contributed by atoms with Gasteiger partial charge >= 0.3 is 0 Å². The Bertz CT molecular complexity index is 1260. The second kappa shape index (κ2) is 6.82. The lowest BCUT2D eigenvalue weighted by atomic mass is 9.86. The molecule has 0 amide bonds. The molecule has 1 heteroatoms. The van der Waals surface area contributed by atoms with Crippen LogP contribution in [0.25, 0.3) is 43.8 Å². The van der Waals surface area contributed by atoms with Crippen LogP contribution in [0.15, 0.2) is 97.1 Å². The van der Waals surface area contributed by atoms with Gasteiger partial charge in [0, 0.05) is 5.02 Å². The molecule has 0 aliphatic rings. The molecule has 5 aromatic carbocycles. The van der Waals surface area contributed by atoms with Gasteiger partial charge < -0.3 is 0 Å². The van der Waals surface area contributed by atoms with E-state index in [4.69, 9.17) is 11.6 Å². The van der Waals surface area contributed by atoms with Gasteiger partial charge in [-0.05, 0) is 62.4 Å². The van der Waals surface area contributed by atoms with Crippen molar-refractivity contribution in [3.05, 3.63) is 108 Å². The van der Waals surface area contributed by atoms with Crippen molar-refractivity contribution in [1.29, 1.82) is 0 Å². The molecular formula is C27H19Cl. The van der Waals surface area contributed by atoms with Crippen LogP contribution in [0.2, 0.25) is 5.02 Å². The number of halogens is 1. The van der Waals surface area contributed by atoms with Gasteiger partial charge in [-0.25, -0.2) is 0 Å². The number of benzene rings is 5. The van der Waals surface area contributed by atoms with E-state index >= 15 is 0 Å². The Morgan fingerprint density at radius 2 is 0.964 bits per heavy atom. The largest absolute Gasteiger partial charge is 0.0840 e. The third-order valence-electron chi connectivity index (χ3n) is 5.45. The molecule has 0 aliphatic carbocycles. The molecule has 0 aliphatic heterocycles. The predicted molar refractivity (Wildman–Crippen MR) is 122 cm³/mol. The van der Waals surface area contributed by atoms with Crippen LogP contribution in [-0.4, -0.2) is 0 Å². The van der Waals surface area contributed by atoms with Crippen molar-refractivity contribution in [1.82, 2.24) is 0 Å². The minimum Gasteiger partial charge on any atom is -0.0840 e. The van der Waals surface area contributed by atoms with E-state index in [2.05, 4.69) is 97.1 Å². The summed E-state index contributed by atoms with van der Waals surface area (Å²) in [6, 6.07) is 34.4. The summed E-state index contributed by atoms with van der Waals surface area (Å²) in [4.78, 5) is 0. The first-order chi connectivity index (χ1) is 13.7. The van der Waals surface area contributed by atoms with Crippen molar-refractivity contribution in [3.8, 4) is 22.3 Å². The summed E-state index contributed by atoms with van der Waals surface area (Å²) in [7, 11) is 0. The molecule has 0 aromatic heterocycles. The summed E-state index contributed by atoms with van der Waals surface area (Å²) in [5, 5.41) is 5.83. The Balaban J connectivity index is 1.99. The van der Waals surface area contributed by atoms with Crippen LogP contribution >= 0.6 is 11.6 Å². The van der Waals surface area contributed by atoms with E-state index in [0.29, 0.717) is 0 Å². The fourth-order valence-electron chi connectivity index (χ4n) is 4.10. The number of fused-ring (bicyclic) bond motifs is 2. The zero-order chi connectivity index (χ0) is 19.1. The molecule has 0 nitrogen and oxygen atoms in total. The SMILES string of the molecule is Cc1ccc(-c2c3ccccc3c(-c3ccccc3)c3ccccc23)cc1Cl. The summed E-state index contributed by atoms with van der Waals surface area (Å²) >= 11 is 6.49. The summed E-state index contributed by atoms with van der Waals surface area (Å²) in [6.45, 7) is 2.04. The molecule has 0 atom stereocenters. The van der Waals surface area contributed by atoms with Crippen molar-refractivity contribution in [2.24, 2.45) is 0 Å². The summed E-state index contributed by atoms with van der Waals surface area (Å²) in [6.07, 6.45) is 0. The van der Waals surface area contributed by atoms with Gasteiger partial charge in [-0.3, -0.25) is 0 Å². The third kappa shape index (κ3) is 2.69. The number of hydrogen-bond donors (Lipinski definition) is 0. The zero-order valence-corrected chi connectivity index (χ0v) is 16.4. The van der Waals surface area contributed by atoms with Crippen LogP contribution in [0, 0.1) is 6.92 Å². The minimum atomic E-state index is 0.804. The average molecular weight is 379 g/mol. The van der Waals surface area contributed by atoms with Gasteiger partial charge in [-0.2, -0.15) is 0 Å². The molecule has 0 unspecified atom stereocenters. The number of rotatable bonds is 2. The fraction of sp³-hybridized carbons (Fsp3) is 0.0370. The van der Waals surface area contributed by atoms with E-state index in [1.807, 2.05) is 6.92 Å². The lowest BCUT2D eigenvalue weighted by Crippen LogP contribution is -1.91. The maximum absolute atomic E-state index is 6.49. The molecule has 0 spiro atoms. The molecule has 0 fully saturated rings.